The second-order valence-corrected chi connectivity index (χ2v) is 7.39. The first-order chi connectivity index (χ1) is 9.88. The molecule has 0 saturated carbocycles. The van der Waals surface area contributed by atoms with Gasteiger partial charge < -0.3 is 10.2 Å². The van der Waals surface area contributed by atoms with E-state index in [2.05, 4.69) is 31.1 Å². The van der Waals surface area contributed by atoms with Gasteiger partial charge in [0.15, 0.2) is 0 Å². The molecule has 1 N–H and O–H groups in total. The molecule has 21 heavy (non-hydrogen) atoms. The summed E-state index contributed by atoms with van der Waals surface area (Å²) in [6, 6.07) is 7.62. The van der Waals surface area contributed by atoms with Gasteiger partial charge in [0.1, 0.15) is 6.17 Å². The van der Waals surface area contributed by atoms with Crippen molar-refractivity contribution in [3.05, 3.63) is 45.9 Å². The maximum Gasteiger partial charge on any atom is 0.257 e. The monoisotopic (exact) mass is 301 g/mol. The molecule has 2 heterocycles. The Hall–Kier alpha value is -1.88. The van der Waals surface area contributed by atoms with Crippen LogP contribution in [-0.4, -0.2) is 22.8 Å². The molecule has 1 aliphatic rings. The van der Waals surface area contributed by atoms with Crippen molar-refractivity contribution in [1.29, 1.82) is 0 Å². The summed E-state index contributed by atoms with van der Waals surface area (Å²) in [4.78, 5) is 19.8. The van der Waals surface area contributed by atoms with Crippen molar-refractivity contribution >= 4 is 22.9 Å². The number of para-hydroxylation sites is 1. The molecule has 1 aliphatic heterocycles. The molecular weight excluding hydrogens is 282 g/mol. The Labute approximate surface area is 128 Å². The number of nitrogens with zero attached hydrogens (tertiary/aromatic N) is 2. The highest BCUT2D eigenvalue weighted by atomic mass is 32.1. The second-order valence-electron chi connectivity index (χ2n) is 6.33. The summed E-state index contributed by atoms with van der Waals surface area (Å²) in [5.41, 5.74) is 1.63. The third-order valence-corrected chi connectivity index (χ3v) is 5.07. The number of benzene rings is 1. The third-order valence-electron chi connectivity index (χ3n) is 3.59. The number of carbonyl (C=O) groups excluding carboxylic acids is 1. The lowest BCUT2D eigenvalue weighted by Crippen LogP contribution is -2.39. The number of aromatic nitrogens is 1. The van der Waals surface area contributed by atoms with Gasteiger partial charge in [0.05, 0.1) is 15.4 Å². The fourth-order valence-electron chi connectivity index (χ4n) is 2.37. The number of carbonyl (C=O) groups is 1. The minimum atomic E-state index is -0.152. The number of nitrogens with one attached hydrogen (secondary N) is 1. The summed E-state index contributed by atoms with van der Waals surface area (Å²) >= 11 is 1.66. The lowest BCUT2D eigenvalue weighted by molar-refractivity contribution is 0.0738. The summed E-state index contributed by atoms with van der Waals surface area (Å²) in [5, 5.41) is 4.52. The summed E-state index contributed by atoms with van der Waals surface area (Å²) < 4.78 is 0. The van der Waals surface area contributed by atoms with Crippen molar-refractivity contribution in [3.8, 4) is 0 Å². The molecule has 1 aromatic heterocycles. The fourth-order valence-corrected chi connectivity index (χ4v) is 3.44. The topological polar surface area (TPSA) is 45.2 Å². The first kappa shape index (κ1) is 14.1. The molecule has 0 unspecified atom stereocenters. The van der Waals surface area contributed by atoms with E-state index in [0.717, 1.165) is 21.1 Å². The first-order valence-electron chi connectivity index (χ1n) is 6.97. The van der Waals surface area contributed by atoms with Crippen LogP contribution in [0.1, 0.15) is 47.2 Å². The van der Waals surface area contributed by atoms with Crippen LogP contribution in [0.5, 0.6) is 0 Å². The first-order valence-corrected chi connectivity index (χ1v) is 7.78. The third kappa shape index (κ3) is 2.42. The van der Waals surface area contributed by atoms with Crippen LogP contribution in [0.15, 0.2) is 30.5 Å². The van der Waals surface area contributed by atoms with E-state index >= 15 is 0 Å². The molecule has 1 atom stereocenters. The molecule has 0 spiro atoms. The van der Waals surface area contributed by atoms with Gasteiger partial charge in [-0.05, 0) is 12.1 Å². The smallest absolute Gasteiger partial charge is 0.257 e. The number of rotatable bonds is 1. The van der Waals surface area contributed by atoms with Crippen molar-refractivity contribution in [2.45, 2.75) is 32.4 Å². The van der Waals surface area contributed by atoms with Crippen LogP contribution in [0, 0.1) is 0 Å². The molecule has 0 saturated heterocycles. The summed E-state index contributed by atoms with van der Waals surface area (Å²) in [6.07, 6.45) is 1.72. The Morgan fingerprint density at radius 3 is 2.67 bits per heavy atom. The molecule has 4 nitrogen and oxygen atoms in total. The Bertz CT molecular complexity index is 687. The van der Waals surface area contributed by atoms with Crippen molar-refractivity contribution in [2.24, 2.45) is 0 Å². The predicted octanol–water partition coefficient (Wildman–Crippen LogP) is 3.64. The lowest BCUT2D eigenvalue weighted by atomic mass is 9.98. The van der Waals surface area contributed by atoms with Gasteiger partial charge in [-0.15, -0.1) is 11.3 Å². The van der Waals surface area contributed by atoms with Gasteiger partial charge in [0, 0.05) is 24.3 Å². The van der Waals surface area contributed by atoms with Crippen molar-refractivity contribution in [2.75, 3.05) is 12.4 Å². The van der Waals surface area contributed by atoms with E-state index in [1.54, 1.807) is 16.2 Å². The molecular formula is C16H19N3OS. The molecule has 0 fully saturated rings. The number of thiazole rings is 1. The summed E-state index contributed by atoms with van der Waals surface area (Å²) in [7, 11) is 1.83. The van der Waals surface area contributed by atoms with Crippen LogP contribution in [0.3, 0.4) is 0 Å². The maximum absolute atomic E-state index is 12.5. The Kier molecular flexibility index (Phi) is 3.24. The van der Waals surface area contributed by atoms with E-state index in [1.807, 2.05) is 37.5 Å². The zero-order valence-corrected chi connectivity index (χ0v) is 13.5. The normalized spacial score (nSPS) is 18.4. The average Bonchev–Trinajstić information content (AvgIpc) is 2.92. The quantitative estimate of drug-likeness (QED) is 0.874. The molecule has 0 aliphatic carbocycles. The van der Waals surface area contributed by atoms with E-state index in [9.17, 15) is 4.79 Å². The molecule has 3 rings (SSSR count). The Balaban J connectivity index is 1.97. The average molecular weight is 301 g/mol. The van der Waals surface area contributed by atoms with Gasteiger partial charge >= 0.3 is 0 Å². The number of anilines is 1. The van der Waals surface area contributed by atoms with Gasteiger partial charge in [-0.2, -0.15) is 0 Å². The fraction of sp³-hybridized carbons (Fsp3) is 0.375. The van der Waals surface area contributed by atoms with Crippen molar-refractivity contribution < 1.29 is 4.79 Å². The number of hydrogen-bond donors (Lipinski definition) is 1. The maximum atomic E-state index is 12.5. The predicted molar refractivity (Wildman–Crippen MR) is 85.7 cm³/mol. The van der Waals surface area contributed by atoms with Gasteiger partial charge in [0.2, 0.25) is 0 Å². The largest absolute Gasteiger partial charge is 0.360 e. The van der Waals surface area contributed by atoms with Crippen LogP contribution in [0.4, 0.5) is 5.69 Å². The number of fused-ring (bicyclic) bond motifs is 1. The minimum absolute atomic E-state index is 0.0259. The van der Waals surface area contributed by atoms with Gasteiger partial charge in [0.25, 0.3) is 5.91 Å². The zero-order chi connectivity index (χ0) is 15.2. The summed E-state index contributed by atoms with van der Waals surface area (Å²) in [6.45, 7) is 6.44. The van der Waals surface area contributed by atoms with Crippen LogP contribution in [0.25, 0.3) is 0 Å². The van der Waals surface area contributed by atoms with Gasteiger partial charge in [-0.1, -0.05) is 32.9 Å². The number of hydrogen-bond acceptors (Lipinski definition) is 4. The highest BCUT2D eigenvalue weighted by Crippen LogP contribution is 2.36. The molecule has 110 valence electrons. The molecule has 0 radical (unpaired) electrons. The molecule has 1 aromatic carbocycles. The van der Waals surface area contributed by atoms with E-state index in [1.165, 1.54) is 0 Å². The van der Waals surface area contributed by atoms with E-state index in [-0.39, 0.29) is 17.5 Å². The highest BCUT2D eigenvalue weighted by Gasteiger charge is 2.32. The lowest BCUT2D eigenvalue weighted by Gasteiger charge is -2.34. The van der Waals surface area contributed by atoms with Crippen molar-refractivity contribution in [3.63, 3.8) is 0 Å². The van der Waals surface area contributed by atoms with Crippen LogP contribution in [0.2, 0.25) is 0 Å². The SMILES string of the molecule is CN1C(=O)c2ccccc2N[C@H]1c1cnc(C(C)(C)C)s1. The van der Waals surface area contributed by atoms with Crippen molar-refractivity contribution in [1.82, 2.24) is 9.88 Å². The number of amides is 1. The zero-order valence-electron chi connectivity index (χ0n) is 12.7. The molecule has 2 aromatic rings. The summed E-state index contributed by atoms with van der Waals surface area (Å²) in [5.74, 6) is 0.0417. The van der Waals surface area contributed by atoms with Crippen LogP contribution >= 0.6 is 11.3 Å². The highest BCUT2D eigenvalue weighted by molar-refractivity contribution is 7.11. The molecule has 0 bridgehead atoms. The Morgan fingerprint density at radius 1 is 1.29 bits per heavy atom. The minimum Gasteiger partial charge on any atom is -0.360 e. The van der Waals surface area contributed by atoms with E-state index < -0.39 is 0 Å². The van der Waals surface area contributed by atoms with Gasteiger partial charge in [-0.25, -0.2) is 4.98 Å². The Morgan fingerprint density at radius 2 is 2.00 bits per heavy atom. The second kappa shape index (κ2) is 4.84. The standard InChI is InChI=1S/C16H19N3OS/c1-16(2,3)15-17-9-12(21-15)13-18-11-8-6-5-7-10(11)14(20)19(13)4/h5-9,13,18H,1-4H3/t13-/m1/s1. The van der Waals surface area contributed by atoms with E-state index in [0.29, 0.717) is 0 Å². The van der Waals surface area contributed by atoms with E-state index in [4.69, 9.17) is 0 Å². The van der Waals surface area contributed by atoms with Crippen LogP contribution in [-0.2, 0) is 5.41 Å². The molecule has 1 amide bonds. The van der Waals surface area contributed by atoms with Gasteiger partial charge in [-0.3, -0.25) is 4.79 Å². The van der Waals surface area contributed by atoms with Crippen LogP contribution < -0.4 is 5.32 Å². The molecule has 5 heteroatoms.